The van der Waals surface area contributed by atoms with E-state index in [2.05, 4.69) is 16.0 Å². The Kier molecular flexibility index (Phi) is 5.12. The SMILES string of the molecule is O=C(c1ccc(Cn2ccnc2)cc1)N1CCN(c2cccc(Cl)c2)CC1. The predicted octanol–water partition coefficient (Wildman–Crippen LogP) is 3.55. The van der Waals surface area contributed by atoms with Gasteiger partial charge in [0.25, 0.3) is 5.91 Å². The van der Waals surface area contributed by atoms with Crippen LogP contribution in [0, 0.1) is 0 Å². The van der Waals surface area contributed by atoms with E-state index in [0.29, 0.717) is 13.1 Å². The molecule has 3 aromatic rings. The second kappa shape index (κ2) is 7.84. The van der Waals surface area contributed by atoms with Crippen LogP contribution in [0.2, 0.25) is 5.02 Å². The van der Waals surface area contributed by atoms with Crippen molar-refractivity contribution in [2.24, 2.45) is 0 Å². The van der Waals surface area contributed by atoms with E-state index in [1.54, 1.807) is 12.5 Å². The van der Waals surface area contributed by atoms with Gasteiger partial charge in [0.1, 0.15) is 0 Å². The third kappa shape index (κ3) is 4.14. The molecule has 1 fully saturated rings. The average Bonchev–Trinajstić information content (AvgIpc) is 3.21. The van der Waals surface area contributed by atoms with E-state index < -0.39 is 0 Å². The molecular formula is C21H21ClN4O. The molecular weight excluding hydrogens is 360 g/mol. The summed E-state index contributed by atoms with van der Waals surface area (Å²) in [4.78, 5) is 21.0. The lowest BCUT2D eigenvalue weighted by atomic mass is 10.1. The van der Waals surface area contributed by atoms with E-state index in [-0.39, 0.29) is 5.91 Å². The van der Waals surface area contributed by atoms with E-state index >= 15 is 0 Å². The zero-order valence-electron chi connectivity index (χ0n) is 15.0. The summed E-state index contributed by atoms with van der Waals surface area (Å²) in [6, 6.07) is 15.7. The topological polar surface area (TPSA) is 41.4 Å². The Balaban J connectivity index is 1.36. The van der Waals surface area contributed by atoms with Crippen molar-refractivity contribution < 1.29 is 4.79 Å². The van der Waals surface area contributed by atoms with E-state index in [0.717, 1.165) is 41.5 Å². The summed E-state index contributed by atoms with van der Waals surface area (Å²) in [5.74, 6) is 0.0925. The summed E-state index contributed by atoms with van der Waals surface area (Å²) >= 11 is 6.08. The van der Waals surface area contributed by atoms with Crippen molar-refractivity contribution in [3.63, 3.8) is 0 Å². The molecule has 1 amide bonds. The van der Waals surface area contributed by atoms with Crippen LogP contribution in [-0.2, 0) is 6.54 Å². The smallest absolute Gasteiger partial charge is 0.253 e. The summed E-state index contributed by atoms with van der Waals surface area (Å²) in [6.45, 7) is 3.80. The van der Waals surface area contributed by atoms with Gasteiger partial charge in [-0.3, -0.25) is 4.79 Å². The van der Waals surface area contributed by atoms with Gasteiger partial charge in [-0.15, -0.1) is 0 Å². The van der Waals surface area contributed by atoms with Crippen molar-refractivity contribution >= 4 is 23.2 Å². The van der Waals surface area contributed by atoms with Crippen LogP contribution in [0.25, 0.3) is 0 Å². The molecule has 0 bridgehead atoms. The lowest BCUT2D eigenvalue weighted by molar-refractivity contribution is 0.0747. The number of nitrogens with zero attached hydrogens (tertiary/aromatic N) is 4. The molecule has 0 spiro atoms. The molecule has 1 aliphatic rings. The number of halogens is 1. The Bertz CT molecular complexity index is 900. The average molecular weight is 381 g/mol. The van der Waals surface area contributed by atoms with Crippen molar-refractivity contribution in [1.82, 2.24) is 14.5 Å². The maximum Gasteiger partial charge on any atom is 0.253 e. The number of carbonyl (C=O) groups excluding carboxylic acids is 1. The largest absolute Gasteiger partial charge is 0.368 e. The van der Waals surface area contributed by atoms with Crippen molar-refractivity contribution in [3.8, 4) is 0 Å². The molecule has 2 aromatic carbocycles. The van der Waals surface area contributed by atoms with Gasteiger partial charge in [-0.2, -0.15) is 0 Å². The van der Waals surface area contributed by atoms with Crippen molar-refractivity contribution in [2.45, 2.75) is 6.54 Å². The second-order valence-corrected chi connectivity index (χ2v) is 7.13. The van der Waals surface area contributed by atoms with Crippen molar-refractivity contribution in [3.05, 3.63) is 83.4 Å². The first kappa shape index (κ1) is 17.6. The number of anilines is 1. The summed E-state index contributed by atoms with van der Waals surface area (Å²) in [7, 11) is 0. The number of benzene rings is 2. The first-order chi connectivity index (χ1) is 13.2. The minimum absolute atomic E-state index is 0.0925. The number of hydrogen-bond acceptors (Lipinski definition) is 3. The quantitative estimate of drug-likeness (QED) is 0.695. The fourth-order valence-corrected chi connectivity index (χ4v) is 3.55. The molecule has 27 heavy (non-hydrogen) atoms. The van der Waals surface area contributed by atoms with Gasteiger partial charge in [0, 0.05) is 61.4 Å². The maximum absolute atomic E-state index is 12.8. The van der Waals surface area contributed by atoms with Crippen LogP contribution in [0.1, 0.15) is 15.9 Å². The molecule has 0 N–H and O–H groups in total. The monoisotopic (exact) mass is 380 g/mol. The number of hydrogen-bond donors (Lipinski definition) is 0. The molecule has 0 atom stereocenters. The molecule has 6 heteroatoms. The van der Waals surface area contributed by atoms with Crippen LogP contribution < -0.4 is 4.90 Å². The third-order valence-corrected chi connectivity index (χ3v) is 5.10. The number of imidazole rings is 1. The molecule has 1 aliphatic heterocycles. The summed E-state index contributed by atoms with van der Waals surface area (Å²) in [5.41, 5.74) is 2.99. The fourth-order valence-electron chi connectivity index (χ4n) is 3.37. The Morgan fingerprint density at radius 2 is 1.81 bits per heavy atom. The van der Waals surface area contributed by atoms with E-state index in [1.165, 1.54) is 0 Å². The number of aromatic nitrogens is 2. The van der Waals surface area contributed by atoms with Gasteiger partial charge in [0.15, 0.2) is 0 Å². The van der Waals surface area contributed by atoms with Crippen LogP contribution in [0.4, 0.5) is 5.69 Å². The van der Waals surface area contributed by atoms with Gasteiger partial charge in [0.2, 0.25) is 0 Å². The Hall–Kier alpha value is -2.79. The molecule has 0 aliphatic carbocycles. The minimum atomic E-state index is 0.0925. The zero-order chi connectivity index (χ0) is 18.6. The highest BCUT2D eigenvalue weighted by Gasteiger charge is 2.22. The van der Waals surface area contributed by atoms with Crippen LogP contribution in [-0.4, -0.2) is 46.5 Å². The van der Waals surface area contributed by atoms with Crippen LogP contribution in [0.15, 0.2) is 67.3 Å². The first-order valence-corrected chi connectivity index (χ1v) is 9.41. The molecule has 1 saturated heterocycles. The Morgan fingerprint density at radius 1 is 1.04 bits per heavy atom. The maximum atomic E-state index is 12.8. The zero-order valence-corrected chi connectivity index (χ0v) is 15.7. The molecule has 0 radical (unpaired) electrons. The highest BCUT2D eigenvalue weighted by molar-refractivity contribution is 6.30. The van der Waals surface area contributed by atoms with Gasteiger partial charge in [0.05, 0.1) is 6.33 Å². The number of rotatable bonds is 4. The molecule has 1 aromatic heterocycles. The molecule has 0 saturated carbocycles. The van der Waals surface area contributed by atoms with Crippen LogP contribution in [0.5, 0.6) is 0 Å². The van der Waals surface area contributed by atoms with Crippen LogP contribution in [0.3, 0.4) is 0 Å². The highest BCUT2D eigenvalue weighted by Crippen LogP contribution is 2.21. The first-order valence-electron chi connectivity index (χ1n) is 9.03. The standard InChI is InChI=1S/C21H21ClN4O/c22-19-2-1-3-20(14-19)25-10-12-26(13-11-25)21(27)18-6-4-17(5-7-18)15-24-9-8-23-16-24/h1-9,14,16H,10-13,15H2. The number of carbonyl (C=O) groups is 1. The fraction of sp³-hybridized carbons (Fsp3) is 0.238. The molecule has 4 rings (SSSR count). The molecule has 2 heterocycles. The summed E-state index contributed by atoms with van der Waals surface area (Å²) in [6.07, 6.45) is 5.48. The van der Waals surface area contributed by atoms with Gasteiger partial charge in [-0.1, -0.05) is 29.8 Å². The molecule has 0 unspecified atom stereocenters. The molecule has 5 nitrogen and oxygen atoms in total. The van der Waals surface area contributed by atoms with Gasteiger partial charge in [-0.25, -0.2) is 4.98 Å². The van der Waals surface area contributed by atoms with Crippen molar-refractivity contribution in [2.75, 3.05) is 31.1 Å². The van der Waals surface area contributed by atoms with Gasteiger partial charge < -0.3 is 14.4 Å². The Morgan fingerprint density at radius 3 is 2.48 bits per heavy atom. The lowest BCUT2D eigenvalue weighted by Crippen LogP contribution is -2.48. The Labute approximate surface area is 163 Å². The lowest BCUT2D eigenvalue weighted by Gasteiger charge is -2.36. The minimum Gasteiger partial charge on any atom is -0.368 e. The van der Waals surface area contributed by atoms with E-state index in [4.69, 9.17) is 11.6 Å². The molecule has 138 valence electrons. The third-order valence-electron chi connectivity index (χ3n) is 4.87. The predicted molar refractivity (Wildman–Crippen MR) is 107 cm³/mol. The van der Waals surface area contributed by atoms with Crippen LogP contribution >= 0.6 is 11.6 Å². The summed E-state index contributed by atoms with van der Waals surface area (Å²) in [5, 5.41) is 0.738. The van der Waals surface area contributed by atoms with Gasteiger partial charge >= 0.3 is 0 Å². The number of piperazine rings is 1. The summed E-state index contributed by atoms with van der Waals surface area (Å²) < 4.78 is 2.01. The second-order valence-electron chi connectivity index (χ2n) is 6.69. The van der Waals surface area contributed by atoms with Gasteiger partial charge in [-0.05, 0) is 35.9 Å². The normalized spacial score (nSPS) is 14.4. The van der Waals surface area contributed by atoms with E-state index in [9.17, 15) is 4.79 Å². The number of amides is 1. The van der Waals surface area contributed by atoms with Crippen molar-refractivity contribution in [1.29, 1.82) is 0 Å². The van der Waals surface area contributed by atoms with E-state index in [1.807, 2.05) is 58.1 Å². The highest BCUT2D eigenvalue weighted by atomic mass is 35.5.